The van der Waals surface area contributed by atoms with Crippen molar-refractivity contribution in [1.82, 2.24) is 0 Å². The van der Waals surface area contributed by atoms with Crippen molar-refractivity contribution in [3.63, 3.8) is 0 Å². The van der Waals surface area contributed by atoms with Gasteiger partial charge in [-0.25, -0.2) is 0 Å². The van der Waals surface area contributed by atoms with Crippen molar-refractivity contribution in [3.05, 3.63) is 47.1 Å². The monoisotopic (exact) mass is 388 g/mol. The molecule has 0 aromatic rings. The van der Waals surface area contributed by atoms with E-state index in [4.69, 9.17) is 4.74 Å². The van der Waals surface area contributed by atoms with Gasteiger partial charge in [-0.15, -0.1) is 0 Å². The molecule has 0 saturated heterocycles. The maximum Gasteiger partial charge on any atom is 0.164 e. The zero-order chi connectivity index (χ0) is 19.1. The molecule has 1 saturated carbocycles. The van der Waals surface area contributed by atoms with Gasteiger partial charge in [0.15, 0.2) is 6.29 Å². The topological polar surface area (TPSA) is 29.5 Å². The largest absolute Gasteiger partial charge is 0.367 e. The Morgan fingerprint density at radius 2 is 2.07 bits per heavy atom. The number of fused-ring (bicyclic) bond motifs is 1. The van der Waals surface area contributed by atoms with Gasteiger partial charge in [-0.2, -0.15) is 11.8 Å². The van der Waals surface area contributed by atoms with Crippen LogP contribution < -0.4 is 0 Å². The van der Waals surface area contributed by atoms with Gasteiger partial charge < -0.3 is 9.84 Å². The van der Waals surface area contributed by atoms with Gasteiger partial charge in [0.2, 0.25) is 0 Å². The Bertz CT molecular complexity index is 608. The van der Waals surface area contributed by atoms with Crippen LogP contribution in [0.25, 0.3) is 0 Å². The van der Waals surface area contributed by atoms with Gasteiger partial charge in [0, 0.05) is 11.7 Å². The summed E-state index contributed by atoms with van der Waals surface area (Å²) in [7, 11) is 0. The van der Waals surface area contributed by atoms with Gasteiger partial charge in [0.05, 0.1) is 5.60 Å². The predicted molar refractivity (Wildman–Crippen MR) is 117 cm³/mol. The normalized spacial score (nSPS) is 24.9. The van der Waals surface area contributed by atoms with Crippen LogP contribution in [-0.4, -0.2) is 28.5 Å². The zero-order valence-corrected chi connectivity index (χ0v) is 17.9. The third-order valence-electron chi connectivity index (χ3n) is 6.32. The Kier molecular flexibility index (Phi) is 7.86. The van der Waals surface area contributed by atoms with Crippen molar-refractivity contribution in [2.75, 3.05) is 11.5 Å². The second kappa shape index (κ2) is 10.1. The van der Waals surface area contributed by atoms with Gasteiger partial charge in [-0.05, 0) is 67.4 Å². The quantitative estimate of drug-likeness (QED) is 0.350. The number of aliphatic hydroxyl groups excluding tert-OH is 1. The van der Waals surface area contributed by atoms with Gasteiger partial charge in [0.1, 0.15) is 0 Å². The Morgan fingerprint density at radius 1 is 1.26 bits per heavy atom. The lowest BCUT2D eigenvalue weighted by molar-refractivity contribution is -0.172. The molecule has 3 heteroatoms. The molecule has 27 heavy (non-hydrogen) atoms. The van der Waals surface area contributed by atoms with Gasteiger partial charge >= 0.3 is 0 Å². The molecule has 0 bridgehead atoms. The number of allylic oxidation sites excluding steroid dienone is 8. The minimum absolute atomic E-state index is 0.0492. The number of thioether (sulfide) groups is 1. The molecule has 1 fully saturated rings. The van der Waals surface area contributed by atoms with E-state index in [2.05, 4.69) is 44.2 Å². The first-order valence-corrected chi connectivity index (χ1v) is 12.0. The van der Waals surface area contributed by atoms with Gasteiger partial charge in [0.25, 0.3) is 0 Å². The lowest BCUT2D eigenvalue weighted by Crippen LogP contribution is -2.34. The highest BCUT2D eigenvalue weighted by atomic mass is 32.2. The molecule has 0 heterocycles. The van der Waals surface area contributed by atoms with Crippen molar-refractivity contribution < 1.29 is 9.84 Å². The maximum atomic E-state index is 10.3. The van der Waals surface area contributed by atoms with Crippen LogP contribution in [0.15, 0.2) is 47.1 Å². The third kappa shape index (κ3) is 5.62. The van der Waals surface area contributed by atoms with Crippen molar-refractivity contribution in [2.24, 2.45) is 5.92 Å². The first-order valence-electron chi connectivity index (χ1n) is 10.9. The summed E-state index contributed by atoms with van der Waals surface area (Å²) in [4.78, 5) is 0. The number of aliphatic hydroxyl groups is 1. The van der Waals surface area contributed by atoms with Crippen LogP contribution in [0.1, 0.15) is 71.6 Å². The molecular weight excluding hydrogens is 352 g/mol. The van der Waals surface area contributed by atoms with E-state index in [-0.39, 0.29) is 5.60 Å². The molecule has 0 aliphatic heterocycles. The predicted octanol–water partition coefficient (Wildman–Crippen LogP) is 6.34. The van der Waals surface area contributed by atoms with Crippen LogP contribution in [0.3, 0.4) is 0 Å². The van der Waals surface area contributed by atoms with Crippen LogP contribution in [0.2, 0.25) is 0 Å². The van der Waals surface area contributed by atoms with Gasteiger partial charge in [-0.3, -0.25) is 0 Å². The van der Waals surface area contributed by atoms with E-state index in [1.54, 1.807) is 0 Å². The average molecular weight is 389 g/mol. The second-order valence-electron chi connectivity index (χ2n) is 8.15. The van der Waals surface area contributed by atoms with E-state index in [0.717, 1.165) is 50.7 Å². The molecule has 150 valence electrons. The molecule has 3 aliphatic carbocycles. The molecular formula is C24H36O2S. The SMILES string of the molecule is CCC1=CC2CC=CC=C2C=C1CCCSCC(O)OC1(CC)CCCC1. The molecule has 0 aromatic heterocycles. The van der Waals surface area contributed by atoms with Crippen molar-refractivity contribution in [2.45, 2.75) is 83.5 Å². The summed E-state index contributed by atoms with van der Waals surface area (Å²) in [6, 6.07) is 0. The number of rotatable bonds is 10. The summed E-state index contributed by atoms with van der Waals surface area (Å²) in [5.41, 5.74) is 4.48. The first-order chi connectivity index (χ1) is 13.2. The Labute approximate surface area is 169 Å². The van der Waals surface area contributed by atoms with Crippen LogP contribution in [0.5, 0.6) is 0 Å². The summed E-state index contributed by atoms with van der Waals surface area (Å²) in [5, 5.41) is 10.3. The summed E-state index contributed by atoms with van der Waals surface area (Å²) >= 11 is 1.83. The number of hydrogen-bond donors (Lipinski definition) is 1. The summed E-state index contributed by atoms with van der Waals surface area (Å²) in [6.45, 7) is 4.45. The van der Waals surface area contributed by atoms with Gasteiger partial charge in [-0.1, -0.05) is 57.1 Å². The maximum absolute atomic E-state index is 10.3. The van der Waals surface area contributed by atoms with Crippen molar-refractivity contribution in [3.8, 4) is 0 Å². The van der Waals surface area contributed by atoms with E-state index in [9.17, 15) is 5.11 Å². The minimum atomic E-state index is -0.618. The van der Waals surface area contributed by atoms with Crippen molar-refractivity contribution in [1.29, 1.82) is 0 Å². The fourth-order valence-electron chi connectivity index (χ4n) is 4.65. The first kappa shape index (κ1) is 21.0. The Hall–Kier alpha value is -0.770. The molecule has 2 atom stereocenters. The molecule has 0 spiro atoms. The number of hydrogen-bond acceptors (Lipinski definition) is 3. The molecule has 1 N–H and O–H groups in total. The van der Waals surface area contributed by atoms with Crippen LogP contribution in [0, 0.1) is 5.92 Å². The van der Waals surface area contributed by atoms with E-state index in [0.29, 0.717) is 11.7 Å². The third-order valence-corrected chi connectivity index (χ3v) is 7.42. The fraction of sp³-hybridized carbons (Fsp3) is 0.667. The van der Waals surface area contributed by atoms with E-state index < -0.39 is 6.29 Å². The highest BCUT2D eigenvalue weighted by Crippen LogP contribution is 2.37. The molecule has 0 amide bonds. The van der Waals surface area contributed by atoms with Crippen LogP contribution in [0.4, 0.5) is 0 Å². The number of ether oxygens (including phenoxy) is 1. The Balaban J connectivity index is 1.39. The van der Waals surface area contributed by atoms with Crippen LogP contribution in [-0.2, 0) is 4.74 Å². The second-order valence-corrected chi connectivity index (χ2v) is 9.30. The Morgan fingerprint density at radius 3 is 2.81 bits per heavy atom. The summed E-state index contributed by atoms with van der Waals surface area (Å²) < 4.78 is 6.04. The molecule has 0 aromatic carbocycles. The summed E-state index contributed by atoms with van der Waals surface area (Å²) in [5.74, 6) is 2.36. The van der Waals surface area contributed by atoms with E-state index in [1.165, 1.54) is 29.6 Å². The van der Waals surface area contributed by atoms with Crippen molar-refractivity contribution >= 4 is 11.8 Å². The smallest absolute Gasteiger partial charge is 0.164 e. The minimum Gasteiger partial charge on any atom is -0.367 e. The average Bonchev–Trinajstić information content (AvgIpc) is 3.16. The standard InChI is InChI=1S/C24H36O2S/c1-3-19-16-21-10-5-6-11-22(21)17-20(19)12-9-15-27-18-23(25)26-24(4-2)13-7-8-14-24/h5-6,11,16-17,21,23,25H,3-4,7-10,12-15,18H2,1-2H3. The molecule has 2 nitrogen and oxygen atoms in total. The van der Waals surface area contributed by atoms with E-state index >= 15 is 0 Å². The highest BCUT2D eigenvalue weighted by molar-refractivity contribution is 7.99. The fourth-order valence-corrected chi connectivity index (χ4v) is 5.44. The lowest BCUT2D eigenvalue weighted by atomic mass is 9.80. The highest BCUT2D eigenvalue weighted by Gasteiger charge is 2.34. The lowest BCUT2D eigenvalue weighted by Gasteiger charge is -2.30. The summed E-state index contributed by atoms with van der Waals surface area (Å²) in [6.07, 6.45) is 21.3. The zero-order valence-electron chi connectivity index (χ0n) is 17.1. The molecule has 0 radical (unpaired) electrons. The molecule has 3 aliphatic rings. The van der Waals surface area contributed by atoms with E-state index in [1.807, 2.05) is 11.8 Å². The van der Waals surface area contributed by atoms with Crippen LogP contribution >= 0.6 is 11.8 Å². The molecule has 3 rings (SSSR count). The molecule has 2 unspecified atom stereocenters.